The number of ketones is 1. The van der Waals surface area contributed by atoms with Gasteiger partial charge in [0.05, 0.1) is 25.5 Å². The second-order valence-corrected chi connectivity index (χ2v) is 5.21. The molecule has 0 unspecified atom stereocenters. The summed E-state index contributed by atoms with van der Waals surface area (Å²) in [4.78, 5) is 12.0. The van der Waals surface area contributed by atoms with Crippen molar-refractivity contribution in [3.05, 3.63) is 47.8 Å². The average Bonchev–Trinajstić information content (AvgIpc) is 3.00. The Kier molecular flexibility index (Phi) is 5.97. The predicted octanol–water partition coefficient (Wildman–Crippen LogP) is 3.50. The van der Waals surface area contributed by atoms with Crippen molar-refractivity contribution in [3.63, 3.8) is 0 Å². The molecule has 1 aromatic heterocycles. The Hall–Kier alpha value is -2.56. The van der Waals surface area contributed by atoms with E-state index >= 15 is 0 Å². The number of allylic oxidation sites excluding steroid dienone is 1. The Labute approximate surface area is 136 Å². The molecule has 0 aliphatic heterocycles. The highest BCUT2D eigenvalue weighted by molar-refractivity contribution is 6.06. The van der Waals surface area contributed by atoms with Gasteiger partial charge in [-0.25, -0.2) is 0 Å². The van der Waals surface area contributed by atoms with Crippen LogP contribution < -0.4 is 9.47 Å². The molecular weight excluding hydrogens is 292 g/mol. The molecule has 1 heterocycles. The van der Waals surface area contributed by atoms with Gasteiger partial charge in [-0.15, -0.1) is 0 Å². The normalized spacial score (nSPS) is 10.9. The maximum Gasteiger partial charge on any atom is 0.189 e. The largest absolute Gasteiger partial charge is 0.493 e. The fourth-order valence-corrected chi connectivity index (χ4v) is 2.05. The van der Waals surface area contributed by atoms with E-state index in [9.17, 15) is 4.79 Å². The van der Waals surface area contributed by atoms with Crippen molar-refractivity contribution in [1.29, 1.82) is 0 Å². The standard InChI is InChI=1S/C18H22N2O3/c1-4-5-10-23-17-9-7-14(11-18(17)22-3)6-8-16(21)15-12-19-20(2)13-15/h6-9,11-13H,4-5,10H2,1-3H3. The van der Waals surface area contributed by atoms with Crippen LogP contribution in [0, 0.1) is 0 Å². The average molecular weight is 314 g/mol. The maximum atomic E-state index is 12.0. The number of methoxy groups -OCH3 is 1. The molecule has 23 heavy (non-hydrogen) atoms. The Bertz CT molecular complexity index is 689. The first-order valence-electron chi connectivity index (χ1n) is 7.66. The molecule has 1 aromatic carbocycles. The number of rotatable bonds is 8. The summed E-state index contributed by atoms with van der Waals surface area (Å²) in [5.41, 5.74) is 1.44. The summed E-state index contributed by atoms with van der Waals surface area (Å²) in [7, 11) is 3.39. The summed E-state index contributed by atoms with van der Waals surface area (Å²) >= 11 is 0. The van der Waals surface area contributed by atoms with Crippen molar-refractivity contribution in [2.75, 3.05) is 13.7 Å². The first-order chi connectivity index (χ1) is 11.1. The highest BCUT2D eigenvalue weighted by Gasteiger charge is 2.06. The molecule has 0 amide bonds. The van der Waals surface area contributed by atoms with E-state index in [-0.39, 0.29) is 5.78 Å². The maximum absolute atomic E-state index is 12.0. The van der Waals surface area contributed by atoms with Crippen LogP contribution in [0.15, 0.2) is 36.7 Å². The number of ether oxygens (including phenoxy) is 2. The van der Waals surface area contributed by atoms with Gasteiger partial charge in [-0.2, -0.15) is 5.10 Å². The van der Waals surface area contributed by atoms with Crippen molar-refractivity contribution in [2.24, 2.45) is 7.05 Å². The fourth-order valence-electron chi connectivity index (χ4n) is 2.05. The van der Waals surface area contributed by atoms with Crippen LogP contribution in [0.1, 0.15) is 35.7 Å². The molecule has 0 N–H and O–H groups in total. The van der Waals surface area contributed by atoms with E-state index < -0.39 is 0 Å². The third-order valence-electron chi connectivity index (χ3n) is 3.36. The van der Waals surface area contributed by atoms with E-state index in [2.05, 4.69) is 12.0 Å². The van der Waals surface area contributed by atoms with Gasteiger partial charge in [0, 0.05) is 13.2 Å². The van der Waals surface area contributed by atoms with E-state index in [1.165, 1.54) is 6.08 Å². The van der Waals surface area contributed by atoms with Gasteiger partial charge in [-0.1, -0.05) is 25.5 Å². The summed E-state index contributed by atoms with van der Waals surface area (Å²) in [6.45, 7) is 2.79. The molecule has 2 rings (SSSR count). The lowest BCUT2D eigenvalue weighted by atomic mass is 10.1. The monoisotopic (exact) mass is 314 g/mol. The van der Waals surface area contributed by atoms with Gasteiger partial charge in [-0.05, 0) is 30.2 Å². The minimum atomic E-state index is -0.0830. The second-order valence-electron chi connectivity index (χ2n) is 5.21. The van der Waals surface area contributed by atoms with E-state index in [0.29, 0.717) is 17.9 Å². The van der Waals surface area contributed by atoms with Gasteiger partial charge in [0.25, 0.3) is 0 Å². The number of carbonyl (C=O) groups excluding carboxylic acids is 1. The zero-order valence-corrected chi connectivity index (χ0v) is 13.8. The smallest absolute Gasteiger partial charge is 0.189 e. The van der Waals surface area contributed by atoms with Crippen molar-refractivity contribution >= 4 is 11.9 Å². The Morgan fingerprint density at radius 2 is 2.17 bits per heavy atom. The highest BCUT2D eigenvalue weighted by Crippen LogP contribution is 2.28. The van der Waals surface area contributed by atoms with Gasteiger partial charge in [0.15, 0.2) is 17.3 Å². The molecule has 0 aliphatic rings. The third kappa shape index (κ3) is 4.71. The first-order valence-corrected chi connectivity index (χ1v) is 7.66. The molecule has 0 atom stereocenters. The van der Waals surface area contributed by atoms with Crippen LogP contribution in [0.2, 0.25) is 0 Å². The number of hydrogen-bond acceptors (Lipinski definition) is 4. The van der Waals surface area contributed by atoms with E-state index in [0.717, 1.165) is 24.2 Å². The fraction of sp³-hybridized carbons (Fsp3) is 0.333. The number of aryl methyl sites for hydroxylation is 1. The van der Waals surface area contributed by atoms with Crippen LogP contribution >= 0.6 is 0 Å². The van der Waals surface area contributed by atoms with Gasteiger partial charge in [0.2, 0.25) is 0 Å². The molecule has 5 heteroatoms. The molecule has 0 fully saturated rings. The molecule has 2 aromatic rings. The minimum absolute atomic E-state index is 0.0830. The van der Waals surface area contributed by atoms with Crippen LogP contribution in [-0.2, 0) is 7.05 Å². The van der Waals surface area contributed by atoms with Crippen LogP contribution in [0.3, 0.4) is 0 Å². The van der Waals surface area contributed by atoms with Crippen molar-refractivity contribution in [3.8, 4) is 11.5 Å². The van der Waals surface area contributed by atoms with Crippen LogP contribution in [0.5, 0.6) is 11.5 Å². The number of hydrogen-bond donors (Lipinski definition) is 0. The number of benzene rings is 1. The molecule has 0 saturated carbocycles. The Balaban J connectivity index is 2.07. The summed E-state index contributed by atoms with van der Waals surface area (Å²) in [6, 6.07) is 5.62. The first kappa shape index (κ1) is 16.8. The van der Waals surface area contributed by atoms with Gasteiger partial charge >= 0.3 is 0 Å². The number of unbranched alkanes of at least 4 members (excludes halogenated alkanes) is 1. The lowest BCUT2D eigenvalue weighted by Gasteiger charge is -2.10. The van der Waals surface area contributed by atoms with Gasteiger partial charge in [0.1, 0.15) is 0 Å². The topological polar surface area (TPSA) is 53.3 Å². The summed E-state index contributed by atoms with van der Waals surface area (Å²) in [6.07, 6.45) is 8.62. The molecule has 0 radical (unpaired) electrons. The van der Waals surface area contributed by atoms with Crippen molar-refractivity contribution < 1.29 is 14.3 Å². The van der Waals surface area contributed by atoms with Crippen molar-refractivity contribution in [1.82, 2.24) is 9.78 Å². The predicted molar refractivity (Wildman–Crippen MR) is 90.0 cm³/mol. The summed E-state index contributed by atoms with van der Waals surface area (Å²) in [5, 5.41) is 3.99. The minimum Gasteiger partial charge on any atom is -0.493 e. The Morgan fingerprint density at radius 3 is 2.83 bits per heavy atom. The lowest BCUT2D eigenvalue weighted by molar-refractivity contribution is 0.104. The summed E-state index contributed by atoms with van der Waals surface area (Å²) in [5.74, 6) is 1.30. The number of nitrogens with zero attached hydrogens (tertiary/aromatic N) is 2. The van der Waals surface area contributed by atoms with Crippen LogP contribution in [0.4, 0.5) is 0 Å². The SMILES string of the molecule is CCCCOc1ccc(C=CC(=O)c2cnn(C)c2)cc1OC. The quantitative estimate of drug-likeness (QED) is 0.425. The van der Waals surface area contributed by atoms with E-state index in [4.69, 9.17) is 9.47 Å². The third-order valence-corrected chi connectivity index (χ3v) is 3.36. The second kappa shape index (κ2) is 8.17. The molecule has 0 aliphatic carbocycles. The Morgan fingerprint density at radius 1 is 1.35 bits per heavy atom. The highest BCUT2D eigenvalue weighted by atomic mass is 16.5. The zero-order valence-electron chi connectivity index (χ0n) is 13.8. The van der Waals surface area contributed by atoms with Crippen LogP contribution in [-0.4, -0.2) is 29.3 Å². The number of aromatic nitrogens is 2. The molecule has 0 saturated heterocycles. The van der Waals surface area contributed by atoms with E-state index in [1.54, 1.807) is 37.3 Å². The van der Waals surface area contributed by atoms with Gasteiger partial charge in [-0.3, -0.25) is 9.48 Å². The lowest BCUT2D eigenvalue weighted by Crippen LogP contribution is -1.99. The van der Waals surface area contributed by atoms with Crippen molar-refractivity contribution in [2.45, 2.75) is 19.8 Å². The zero-order chi connectivity index (χ0) is 16.7. The molecule has 0 spiro atoms. The molecule has 122 valence electrons. The van der Waals surface area contributed by atoms with Gasteiger partial charge < -0.3 is 9.47 Å². The van der Waals surface area contributed by atoms with E-state index in [1.807, 2.05) is 18.2 Å². The molecule has 5 nitrogen and oxygen atoms in total. The summed E-state index contributed by atoms with van der Waals surface area (Å²) < 4.78 is 12.7. The van der Waals surface area contributed by atoms with Crippen LogP contribution in [0.25, 0.3) is 6.08 Å². The molecule has 0 bridgehead atoms. The number of carbonyl (C=O) groups is 1. The molecular formula is C18H22N2O3.